The summed E-state index contributed by atoms with van der Waals surface area (Å²) in [7, 11) is 1.65. The molecule has 0 aromatic carbocycles. The van der Waals surface area contributed by atoms with Crippen LogP contribution in [0.2, 0.25) is 0 Å². The normalized spacial score (nSPS) is 16.3. The molecule has 1 aliphatic carbocycles. The van der Waals surface area contributed by atoms with Crippen molar-refractivity contribution in [3.05, 3.63) is 12.3 Å². The Hall–Kier alpha value is -1.56. The Labute approximate surface area is 113 Å². The van der Waals surface area contributed by atoms with E-state index in [9.17, 15) is 4.79 Å². The number of hydrogen-bond donors (Lipinski definition) is 1. The zero-order valence-electron chi connectivity index (χ0n) is 11.6. The number of carbonyl (C=O) groups excluding carboxylic acids is 1. The number of aromatic nitrogens is 2. The van der Waals surface area contributed by atoms with Gasteiger partial charge in [-0.05, 0) is 31.7 Å². The van der Waals surface area contributed by atoms with Crippen LogP contribution in [0.25, 0.3) is 0 Å². The van der Waals surface area contributed by atoms with Crippen molar-refractivity contribution in [1.82, 2.24) is 14.7 Å². The summed E-state index contributed by atoms with van der Waals surface area (Å²) < 4.78 is 6.67. The Kier molecular flexibility index (Phi) is 4.42. The first-order valence-electron chi connectivity index (χ1n) is 6.69. The Morgan fingerprint density at radius 2 is 2.42 bits per heavy atom. The van der Waals surface area contributed by atoms with E-state index in [0.29, 0.717) is 24.9 Å². The maximum absolute atomic E-state index is 12.4. The molecule has 2 N–H and O–H groups in total. The van der Waals surface area contributed by atoms with Gasteiger partial charge < -0.3 is 15.4 Å². The van der Waals surface area contributed by atoms with Gasteiger partial charge in [-0.15, -0.1) is 0 Å². The number of hydrogen-bond acceptors (Lipinski definition) is 4. The minimum absolute atomic E-state index is 0.0690. The zero-order valence-corrected chi connectivity index (χ0v) is 11.6. The highest BCUT2D eigenvalue weighted by Crippen LogP contribution is 2.35. The molecule has 1 amide bonds. The second kappa shape index (κ2) is 6.06. The molecule has 1 aliphatic rings. The number of anilines is 1. The van der Waals surface area contributed by atoms with E-state index in [1.807, 2.05) is 4.90 Å². The molecule has 1 saturated carbocycles. The number of carbonyl (C=O) groups is 1. The van der Waals surface area contributed by atoms with Gasteiger partial charge in [0.2, 0.25) is 5.91 Å². The van der Waals surface area contributed by atoms with E-state index in [-0.39, 0.29) is 18.5 Å². The lowest BCUT2D eigenvalue weighted by atomic mass is 10.2. The zero-order chi connectivity index (χ0) is 13.8. The second-order valence-electron chi connectivity index (χ2n) is 5.10. The highest BCUT2D eigenvalue weighted by Gasteiger charge is 2.34. The van der Waals surface area contributed by atoms with Crippen molar-refractivity contribution in [2.75, 3.05) is 26.0 Å². The van der Waals surface area contributed by atoms with Crippen LogP contribution in [-0.2, 0) is 16.1 Å². The van der Waals surface area contributed by atoms with Crippen LogP contribution in [0.3, 0.4) is 0 Å². The molecule has 0 radical (unpaired) electrons. The third kappa shape index (κ3) is 3.70. The quantitative estimate of drug-likeness (QED) is 0.790. The number of amides is 1. The summed E-state index contributed by atoms with van der Waals surface area (Å²) in [4.78, 5) is 14.3. The van der Waals surface area contributed by atoms with Crippen LogP contribution < -0.4 is 5.73 Å². The van der Waals surface area contributed by atoms with E-state index in [1.165, 1.54) is 12.8 Å². The van der Waals surface area contributed by atoms with Crippen molar-refractivity contribution in [2.45, 2.75) is 32.4 Å². The maximum atomic E-state index is 12.4. The van der Waals surface area contributed by atoms with Gasteiger partial charge in [0.25, 0.3) is 0 Å². The predicted molar refractivity (Wildman–Crippen MR) is 72.4 cm³/mol. The van der Waals surface area contributed by atoms with E-state index < -0.39 is 0 Å². The molecule has 1 atom stereocenters. The van der Waals surface area contributed by atoms with E-state index in [1.54, 1.807) is 24.1 Å². The topological polar surface area (TPSA) is 73.4 Å². The Bertz CT molecular complexity index is 428. The minimum Gasteiger partial charge on any atom is -0.383 e. The Balaban J connectivity index is 1.97. The van der Waals surface area contributed by atoms with Crippen LogP contribution in [0, 0.1) is 5.92 Å². The lowest BCUT2D eigenvalue weighted by Crippen LogP contribution is -2.43. The number of methoxy groups -OCH3 is 1. The molecule has 0 saturated heterocycles. The Morgan fingerprint density at radius 3 is 2.95 bits per heavy atom. The van der Waals surface area contributed by atoms with Gasteiger partial charge in [-0.3, -0.25) is 9.48 Å². The maximum Gasteiger partial charge on any atom is 0.244 e. The summed E-state index contributed by atoms with van der Waals surface area (Å²) in [6.07, 6.45) is 4.16. The number of nitrogens with zero attached hydrogens (tertiary/aromatic N) is 3. The summed E-state index contributed by atoms with van der Waals surface area (Å²) in [6.45, 7) is 3.54. The van der Waals surface area contributed by atoms with Gasteiger partial charge in [0.15, 0.2) is 0 Å². The smallest absolute Gasteiger partial charge is 0.244 e. The second-order valence-corrected chi connectivity index (χ2v) is 5.10. The molecule has 1 aromatic rings. The van der Waals surface area contributed by atoms with E-state index >= 15 is 0 Å². The summed E-state index contributed by atoms with van der Waals surface area (Å²) in [5.41, 5.74) is 5.55. The fourth-order valence-electron chi connectivity index (χ4n) is 2.27. The van der Waals surface area contributed by atoms with Crippen LogP contribution in [0.1, 0.15) is 19.8 Å². The molecule has 0 bridgehead atoms. The average molecular weight is 266 g/mol. The third-order valence-electron chi connectivity index (χ3n) is 3.61. The van der Waals surface area contributed by atoms with Crippen LogP contribution in [0.5, 0.6) is 0 Å². The highest BCUT2D eigenvalue weighted by atomic mass is 16.5. The Morgan fingerprint density at radius 1 is 1.68 bits per heavy atom. The van der Waals surface area contributed by atoms with Crippen molar-refractivity contribution in [3.63, 3.8) is 0 Å². The summed E-state index contributed by atoms with van der Waals surface area (Å²) >= 11 is 0. The molecule has 1 fully saturated rings. The molecule has 19 heavy (non-hydrogen) atoms. The minimum atomic E-state index is 0.0690. The van der Waals surface area contributed by atoms with Gasteiger partial charge in [0.05, 0.1) is 6.61 Å². The lowest BCUT2D eigenvalue weighted by Gasteiger charge is -2.29. The SMILES string of the molecule is COCCN(C(=O)Cn1ccc(N)n1)C(C)C1CC1. The van der Waals surface area contributed by atoms with Crippen molar-refractivity contribution in [3.8, 4) is 0 Å². The first kappa shape index (κ1) is 13.9. The summed E-state index contributed by atoms with van der Waals surface area (Å²) in [5.74, 6) is 1.15. The average Bonchev–Trinajstić information content (AvgIpc) is 3.14. The molecule has 106 valence electrons. The van der Waals surface area contributed by atoms with Gasteiger partial charge in [0, 0.05) is 25.9 Å². The molecule has 1 unspecified atom stereocenters. The molecular formula is C13H22N4O2. The van der Waals surface area contributed by atoms with E-state index in [0.717, 1.165) is 0 Å². The van der Waals surface area contributed by atoms with Crippen molar-refractivity contribution >= 4 is 11.7 Å². The molecule has 2 rings (SSSR count). The van der Waals surface area contributed by atoms with Crippen molar-refractivity contribution in [1.29, 1.82) is 0 Å². The standard InChI is InChI=1S/C13H22N4O2/c1-10(11-3-4-11)17(7-8-19-2)13(18)9-16-6-5-12(14)15-16/h5-6,10-11H,3-4,7-9H2,1-2H3,(H2,14,15). The molecule has 6 nitrogen and oxygen atoms in total. The third-order valence-corrected chi connectivity index (χ3v) is 3.61. The number of nitrogen functional groups attached to an aromatic ring is 1. The van der Waals surface area contributed by atoms with Crippen LogP contribution in [0.4, 0.5) is 5.82 Å². The molecule has 0 aliphatic heterocycles. The van der Waals surface area contributed by atoms with Crippen LogP contribution >= 0.6 is 0 Å². The van der Waals surface area contributed by atoms with Gasteiger partial charge >= 0.3 is 0 Å². The molecule has 6 heteroatoms. The number of rotatable bonds is 7. The molecular weight excluding hydrogens is 244 g/mol. The van der Waals surface area contributed by atoms with Gasteiger partial charge in [-0.25, -0.2) is 0 Å². The fraction of sp³-hybridized carbons (Fsp3) is 0.692. The summed E-state index contributed by atoms with van der Waals surface area (Å²) in [6, 6.07) is 1.97. The number of nitrogens with two attached hydrogens (primary N) is 1. The number of ether oxygens (including phenoxy) is 1. The molecule has 1 aromatic heterocycles. The van der Waals surface area contributed by atoms with Crippen LogP contribution in [-0.4, -0.2) is 46.9 Å². The van der Waals surface area contributed by atoms with Gasteiger partial charge in [-0.2, -0.15) is 5.10 Å². The first-order chi connectivity index (χ1) is 9.11. The monoisotopic (exact) mass is 266 g/mol. The van der Waals surface area contributed by atoms with Crippen molar-refractivity contribution in [2.24, 2.45) is 5.92 Å². The lowest BCUT2D eigenvalue weighted by molar-refractivity contribution is -0.135. The fourth-order valence-corrected chi connectivity index (χ4v) is 2.27. The van der Waals surface area contributed by atoms with Gasteiger partial charge in [0.1, 0.15) is 12.4 Å². The van der Waals surface area contributed by atoms with Gasteiger partial charge in [-0.1, -0.05) is 0 Å². The van der Waals surface area contributed by atoms with E-state index in [4.69, 9.17) is 10.5 Å². The first-order valence-corrected chi connectivity index (χ1v) is 6.69. The molecule has 1 heterocycles. The highest BCUT2D eigenvalue weighted by molar-refractivity contribution is 5.76. The van der Waals surface area contributed by atoms with E-state index in [2.05, 4.69) is 12.0 Å². The largest absolute Gasteiger partial charge is 0.383 e. The molecule has 0 spiro atoms. The van der Waals surface area contributed by atoms with Crippen molar-refractivity contribution < 1.29 is 9.53 Å². The van der Waals surface area contributed by atoms with Crippen LogP contribution in [0.15, 0.2) is 12.3 Å². The predicted octanol–water partition coefficient (Wildman–Crippen LogP) is 0.739. The summed E-state index contributed by atoms with van der Waals surface area (Å²) in [5, 5.41) is 4.05.